The van der Waals surface area contributed by atoms with Crippen molar-refractivity contribution >= 4 is 17.4 Å². The average Bonchev–Trinajstić information content (AvgIpc) is 3.04. The third-order valence-electron chi connectivity index (χ3n) is 4.57. The lowest BCUT2D eigenvalue weighted by atomic mass is 10.1. The van der Waals surface area contributed by atoms with Gasteiger partial charge in [0.1, 0.15) is 0 Å². The SMILES string of the molecule is CCN(CC)c1ccc(NC(=O)N/C=C/C2CCCC2)c(C)c1. The molecule has 0 aromatic heterocycles. The molecule has 1 aliphatic carbocycles. The monoisotopic (exact) mass is 315 g/mol. The number of anilines is 2. The van der Waals surface area contributed by atoms with E-state index in [0.717, 1.165) is 24.3 Å². The summed E-state index contributed by atoms with van der Waals surface area (Å²) in [5, 5.41) is 5.72. The highest BCUT2D eigenvalue weighted by Gasteiger charge is 2.11. The Bertz CT molecular complexity index is 544. The molecule has 4 nitrogen and oxygen atoms in total. The van der Waals surface area contributed by atoms with Gasteiger partial charge >= 0.3 is 6.03 Å². The fourth-order valence-electron chi connectivity index (χ4n) is 3.14. The van der Waals surface area contributed by atoms with Gasteiger partial charge in [-0.05, 0) is 63.3 Å². The largest absolute Gasteiger partial charge is 0.372 e. The summed E-state index contributed by atoms with van der Waals surface area (Å²) >= 11 is 0. The van der Waals surface area contributed by atoms with Gasteiger partial charge in [0.15, 0.2) is 0 Å². The fourth-order valence-corrected chi connectivity index (χ4v) is 3.14. The van der Waals surface area contributed by atoms with Crippen LogP contribution in [0.4, 0.5) is 16.2 Å². The Labute approximate surface area is 140 Å². The van der Waals surface area contributed by atoms with Crippen molar-refractivity contribution < 1.29 is 4.79 Å². The molecule has 23 heavy (non-hydrogen) atoms. The summed E-state index contributed by atoms with van der Waals surface area (Å²) in [7, 11) is 0. The van der Waals surface area contributed by atoms with Gasteiger partial charge < -0.3 is 15.5 Å². The molecule has 2 amide bonds. The predicted molar refractivity (Wildman–Crippen MR) is 98.0 cm³/mol. The number of nitrogens with zero attached hydrogens (tertiary/aromatic N) is 1. The maximum absolute atomic E-state index is 12.0. The molecule has 0 bridgehead atoms. The van der Waals surface area contributed by atoms with Crippen molar-refractivity contribution in [2.45, 2.75) is 46.5 Å². The van der Waals surface area contributed by atoms with E-state index in [2.05, 4.69) is 47.6 Å². The van der Waals surface area contributed by atoms with Gasteiger partial charge in [-0.15, -0.1) is 0 Å². The van der Waals surface area contributed by atoms with Crippen LogP contribution in [0.25, 0.3) is 0 Å². The van der Waals surface area contributed by atoms with Crippen molar-refractivity contribution in [2.24, 2.45) is 5.92 Å². The number of amides is 2. The molecule has 0 saturated heterocycles. The van der Waals surface area contributed by atoms with Crippen LogP contribution < -0.4 is 15.5 Å². The zero-order valence-corrected chi connectivity index (χ0v) is 14.6. The molecule has 0 radical (unpaired) electrons. The maximum atomic E-state index is 12.0. The molecule has 4 heteroatoms. The first-order chi connectivity index (χ1) is 11.1. The topological polar surface area (TPSA) is 44.4 Å². The third-order valence-corrected chi connectivity index (χ3v) is 4.57. The van der Waals surface area contributed by atoms with E-state index in [0.29, 0.717) is 5.92 Å². The van der Waals surface area contributed by atoms with Gasteiger partial charge in [-0.3, -0.25) is 0 Å². The third kappa shape index (κ3) is 5.02. The zero-order valence-electron chi connectivity index (χ0n) is 14.6. The summed E-state index contributed by atoms with van der Waals surface area (Å²) < 4.78 is 0. The van der Waals surface area contributed by atoms with E-state index in [-0.39, 0.29) is 6.03 Å². The van der Waals surface area contributed by atoms with Crippen LogP contribution in [0.1, 0.15) is 45.1 Å². The smallest absolute Gasteiger partial charge is 0.323 e. The number of urea groups is 1. The molecule has 126 valence electrons. The number of hydrogen-bond acceptors (Lipinski definition) is 2. The van der Waals surface area contributed by atoms with Crippen molar-refractivity contribution in [3.63, 3.8) is 0 Å². The Kier molecular flexibility index (Phi) is 6.51. The molecular formula is C19H29N3O. The molecule has 0 unspecified atom stereocenters. The van der Waals surface area contributed by atoms with Crippen LogP contribution in [0.5, 0.6) is 0 Å². The standard InChI is InChI=1S/C19H29N3O/c1-4-22(5-2)17-10-11-18(15(3)14-17)21-19(23)20-13-12-16-8-6-7-9-16/h10-14,16H,4-9H2,1-3H3,(H2,20,21,23)/b13-12+. The van der Waals surface area contributed by atoms with Crippen molar-refractivity contribution in [2.75, 3.05) is 23.3 Å². The van der Waals surface area contributed by atoms with Crippen LogP contribution in [0.2, 0.25) is 0 Å². The number of nitrogens with one attached hydrogen (secondary N) is 2. The van der Waals surface area contributed by atoms with E-state index in [1.807, 2.05) is 13.0 Å². The van der Waals surface area contributed by atoms with Crippen molar-refractivity contribution in [3.8, 4) is 0 Å². The molecule has 0 spiro atoms. The molecule has 2 N–H and O–H groups in total. The van der Waals surface area contributed by atoms with Gasteiger partial charge in [0.05, 0.1) is 0 Å². The van der Waals surface area contributed by atoms with Crippen LogP contribution in [0.3, 0.4) is 0 Å². The lowest BCUT2D eigenvalue weighted by Gasteiger charge is -2.22. The van der Waals surface area contributed by atoms with Crippen LogP contribution in [-0.2, 0) is 0 Å². The van der Waals surface area contributed by atoms with Gasteiger partial charge in [-0.2, -0.15) is 0 Å². The van der Waals surface area contributed by atoms with Gasteiger partial charge in [0.25, 0.3) is 0 Å². The Balaban J connectivity index is 1.90. The van der Waals surface area contributed by atoms with E-state index in [1.54, 1.807) is 6.20 Å². The van der Waals surface area contributed by atoms with Crippen LogP contribution >= 0.6 is 0 Å². The average molecular weight is 315 g/mol. The van der Waals surface area contributed by atoms with E-state index in [4.69, 9.17) is 0 Å². The van der Waals surface area contributed by atoms with Crippen LogP contribution in [0.15, 0.2) is 30.5 Å². The maximum Gasteiger partial charge on any atom is 0.323 e. The molecule has 1 aromatic carbocycles. The Morgan fingerprint density at radius 1 is 1.26 bits per heavy atom. The number of allylic oxidation sites excluding steroid dienone is 1. The summed E-state index contributed by atoms with van der Waals surface area (Å²) in [5.74, 6) is 0.630. The second kappa shape index (κ2) is 8.61. The molecule has 1 fully saturated rings. The van der Waals surface area contributed by atoms with Crippen molar-refractivity contribution in [3.05, 3.63) is 36.0 Å². The summed E-state index contributed by atoms with van der Waals surface area (Å²) in [4.78, 5) is 14.3. The highest BCUT2D eigenvalue weighted by atomic mass is 16.2. The van der Waals surface area contributed by atoms with Gasteiger partial charge in [-0.25, -0.2) is 4.79 Å². The minimum atomic E-state index is -0.182. The Morgan fingerprint density at radius 2 is 1.96 bits per heavy atom. The zero-order chi connectivity index (χ0) is 16.7. The highest BCUT2D eigenvalue weighted by Crippen LogP contribution is 2.25. The molecule has 2 rings (SSSR count). The molecular weight excluding hydrogens is 286 g/mol. The van der Waals surface area contributed by atoms with E-state index >= 15 is 0 Å². The van der Waals surface area contributed by atoms with Crippen molar-refractivity contribution in [1.29, 1.82) is 0 Å². The minimum Gasteiger partial charge on any atom is -0.372 e. The summed E-state index contributed by atoms with van der Waals surface area (Å²) in [5.41, 5.74) is 3.12. The first kappa shape index (κ1) is 17.4. The number of carbonyl (C=O) groups excluding carboxylic acids is 1. The predicted octanol–water partition coefficient (Wildman–Crippen LogP) is 4.67. The second-order valence-corrected chi connectivity index (χ2v) is 6.17. The molecule has 1 aromatic rings. The fraction of sp³-hybridized carbons (Fsp3) is 0.526. The van der Waals surface area contributed by atoms with Gasteiger partial charge in [-0.1, -0.05) is 18.9 Å². The van der Waals surface area contributed by atoms with Crippen LogP contribution in [0, 0.1) is 12.8 Å². The lowest BCUT2D eigenvalue weighted by molar-refractivity contribution is 0.255. The molecule has 1 aliphatic rings. The normalized spacial score (nSPS) is 15.1. The number of aryl methyl sites for hydroxylation is 1. The van der Waals surface area contributed by atoms with Crippen molar-refractivity contribution in [1.82, 2.24) is 5.32 Å². The second-order valence-electron chi connectivity index (χ2n) is 6.17. The number of benzene rings is 1. The Hall–Kier alpha value is -1.97. The molecule has 1 saturated carbocycles. The Morgan fingerprint density at radius 3 is 2.57 bits per heavy atom. The van der Waals surface area contributed by atoms with Gasteiger partial charge in [0.2, 0.25) is 0 Å². The van der Waals surface area contributed by atoms with E-state index < -0.39 is 0 Å². The summed E-state index contributed by atoms with van der Waals surface area (Å²) in [6, 6.07) is 5.97. The number of rotatable bonds is 6. The van der Waals surface area contributed by atoms with E-state index in [1.165, 1.54) is 31.4 Å². The number of carbonyl (C=O) groups is 1. The summed E-state index contributed by atoms with van der Waals surface area (Å²) in [6.07, 6.45) is 8.99. The quantitative estimate of drug-likeness (QED) is 0.801. The molecule has 0 aliphatic heterocycles. The van der Waals surface area contributed by atoms with Crippen LogP contribution in [-0.4, -0.2) is 19.1 Å². The summed E-state index contributed by atoms with van der Waals surface area (Å²) in [6.45, 7) is 8.28. The van der Waals surface area contributed by atoms with Gasteiger partial charge in [0, 0.05) is 30.7 Å². The molecule has 0 heterocycles. The molecule has 0 atom stereocenters. The van der Waals surface area contributed by atoms with E-state index in [9.17, 15) is 4.79 Å². The first-order valence-corrected chi connectivity index (χ1v) is 8.73. The number of hydrogen-bond donors (Lipinski definition) is 2. The lowest BCUT2D eigenvalue weighted by Crippen LogP contribution is -2.25. The highest BCUT2D eigenvalue weighted by molar-refractivity contribution is 5.91. The first-order valence-electron chi connectivity index (χ1n) is 8.73. The minimum absolute atomic E-state index is 0.182.